The number of fused-ring (bicyclic) bond motifs is 1. The highest BCUT2D eigenvalue weighted by Gasteiger charge is 2.25. The molecule has 0 aliphatic carbocycles. The van der Waals surface area contributed by atoms with Gasteiger partial charge in [0.2, 0.25) is 0 Å². The molecule has 0 saturated carbocycles. The fourth-order valence-electron chi connectivity index (χ4n) is 2.49. The lowest BCUT2D eigenvalue weighted by Gasteiger charge is -2.24. The largest absolute Gasteiger partial charge is 0.450 e. The van der Waals surface area contributed by atoms with Crippen LogP contribution in [0.3, 0.4) is 0 Å². The molecular weight excluding hydrogens is 326 g/mol. The van der Waals surface area contributed by atoms with Gasteiger partial charge in [-0.25, -0.2) is 9.78 Å². The quantitative estimate of drug-likeness (QED) is 0.927. The van der Waals surface area contributed by atoms with Crippen LogP contribution in [0.25, 0.3) is 0 Å². The summed E-state index contributed by atoms with van der Waals surface area (Å²) in [7, 11) is 0. The average molecular weight is 345 g/mol. The normalized spacial score (nSPS) is 13.3. The highest BCUT2D eigenvalue weighted by atomic mass is 32.1. The number of amides is 2. The minimum atomic E-state index is -0.304. The maximum atomic E-state index is 12.3. The molecule has 1 aliphatic heterocycles. The molecule has 7 heteroatoms. The van der Waals surface area contributed by atoms with Gasteiger partial charge in [-0.15, -0.1) is 0 Å². The van der Waals surface area contributed by atoms with Crippen molar-refractivity contribution in [2.75, 3.05) is 18.5 Å². The van der Waals surface area contributed by atoms with Crippen molar-refractivity contribution < 1.29 is 14.3 Å². The number of thiazole rings is 1. The van der Waals surface area contributed by atoms with E-state index in [4.69, 9.17) is 4.74 Å². The number of benzene rings is 1. The van der Waals surface area contributed by atoms with Gasteiger partial charge in [0.25, 0.3) is 5.91 Å². The summed E-state index contributed by atoms with van der Waals surface area (Å²) in [6, 6.07) is 7.39. The fourth-order valence-corrected chi connectivity index (χ4v) is 3.51. The van der Waals surface area contributed by atoms with E-state index in [1.807, 2.05) is 19.1 Å². The molecule has 0 unspecified atom stereocenters. The van der Waals surface area contributed by atoms with Gasteiger partial charge in [0.15, 0.2) is 5.13 Å². The number of nitrogens with zero attached hydrogens (tertiary/aromatic N) is 2. The van der Waals surface area contributed by atoms with Crippen LogP contribution in [0, 0.1) is 6.92 Å². The van der Waals surface area contributed by atoms with E-state index in [1.54, 1.807) is 24.0 Å². The second-order valence-electron chi connectivity index (χ2n) is 5.58. The molecular formula is C17H19N3O3S. The van der Waals surface area contributed by atoms with Crippen LogP contribution in [0.1, 0.15) is 33.4 Å². The van der Waals surface area contributed by atoms with E-state index >= 15 is 0 Å². The summed E-state index contributed by atoms with van der Waals surface area (Å²) in [6.45, 7) is 5.19. The monoisotopic (exact) mass is 345 g/mol. The van der Waals surface area contributed by atoms with Crippen LogP contribution in [0.5, 0.6) is 0 Å². The minimum Gasteiger partial charge on any atom is -0.450 e. The van der Waals surface area contributed by atoms with E-state index in [-0.39, 0.29) is 12.0 Å². The Bertz CT molecular complexity index is 755. The number of hydrogen-bond acceptors (Lipinski definition) is 5. The molecule has 1 N–H and O–H groups in total. The molecule has 0 bridgehead atoms. The highest BCUT2D eigenvalue weighted by Crippen LogP contribution is 2.28. The summed E-state index contributed by atoms with van der Waals surface area (Å²) in [5.74, 6) is -0.177. The third kappa shape index (κ3) is 3.56. The molecule has 0 saturated heterocycles. The van der Waals surface area contributed by atoms with E-state index in [1.165, 1.54) is 11.3 Å². The first-order valence-corrected chi connectivity index (χ1v) is 8.66. The zero-order valence-corrected chi connectivity index (χ0v) is 14.5. The van der Waals surface area contributed by atoms with Crippen LogP contribution in [-0.2, 0) is 17.7 Å². The van der Waals surface area contributed by atoms with Crippen LogP contribution < -0.4 is 5.32 Å². The maximum Gasteiger partial charge on any atom is 0.410 e. The Kier molecular flexibility index (Phi) is 4.80. The second kappa shape index (κ2) is 7.00. The molecule has 2 heterocycles. The molecule has 0 radical (unpaired) electrons. The van der Waals surface area contributed by atoms with Gasteiger partial charge in [0.1, 0.15) is 0 Å². The summed E-state index contributed by atoms with van der Waals surface area (Å²) in [5, 5.41) is 3.40. The first kappa shape index (κ1) is 16.4. The molecule has 2 aromatic rings. The van der Waals surface area contributed by atoms with Crippen LogP contribution in [0.15, 0.2) is 24.3 Å². The standard InChI is InChI=1S/C17H19N3O3S/c1-3-23-17(22)20-9-8-13-14(10-20)24-16(18-13)19-15(21)12-6-4-11(2)5-7-12/h4-7H,3,8-10H2,1-2H3,(H,18,19,21). The summed E-state index contributed by atoms with van der Waals surface area (Å²) in [5.41, 5.74) is 2.65. The molecule has 3 rings (SSSR count). The molecule has 1 aliphatic rings. The third-order valence-electron chi connectivity index (χ3n) is 3.79. The number of rotatable bonds is 3. The van der Waals surface area contributed by atoms with E-state index < -0.39 is 0 Å². The number of aryl methyl sites for hydroxylation is 1. The number of carbonyl (C=O) groups excluding carboxylic acids is 2. The predicted octanol–water partition coefficient (Wildman–Crippen LogP) is 3.22. The summed E-state index contributed by atoms with van der Waals surface area (Å²) >= 11 is 1.41. The van der Waals surface area contributed by atoms with E-state index in [9.17, 15) is 9.59 Å². The molecule has 1 aromatic heterocycles. The van der Waals surface area contributed by atoms with Crippen molar-refractivity contribution in [3.63, 3.8) is 0 Å². The van der Waals surface area contributed by atoms with Gasteiger partial charge in [0.05, 0.1) is 18.8 Å². The van der Waals surface area contributed by atoms with Gasteiger partial charge in [-0.2, -0.15) is 0 Å². The number of carbonyl (C=O) groups is 2. The minimum absolute atomic E-state index is 0.177. The van der Waals surface area contributed by atoms with E-state index in [2.05, 4.69) is 10.3 Å². The number of hydrogen-bond donors (Lipinski definition) is 1. The number of ether oxygens (including phenoxy) is 1. The summed E-state index contributed by atoms with van der Waals surface area (Å²) in [4.78, 5) is 31.2. The number of anilines is 1. The number of aromatic nitrogens is 1. The lowest BCUT2D eigenvalue weighted by atomic mass is 10.1. The van der Waals surface area contributed by atoms with Gasteiger partial charge in [-0.05, 0) is 26.0 Å². The smallest absolute Gasteiger partial charge is 0.410 e. The predicted molar refractivity (Wildman–Crippen MR) is 92.4 cm³/mol. The molecule has 2 amide bonds. The second-order valence-corrected chi connectivity index (χ2v) is 6.66. The molecule has 6 nitrogen and oxygen atoms in total. The Balaban J connectivity index is 1.68. The molecule has 24 heavy (non-hydrogen) atoms. The van der Waals surface area contributed by atoms with Crippen molar-refractivity contribution in [3.8, 4) is 0 Å². The molecule has 1 aromatic carbocycles. The van der Waals surface area contributed by atoms with Gasteiger partial charge in [-0.1, -0.05) is 29.0 Å². The van der Waals surface area contributed by atoms with Crippen molar-refractivity contribution in [3.05, 3.63) is 46.0 Å². The maximum absolute atomic E-state index is 12.3. The first-order chi connectivity index (χ1) is 11.6. The van der Waals surface area contributed by atoms with Crippen molar-refractivity contribution in [1.29, 1.82) is 0 Å². The van der Waals surface area contributed by atoms with E-state index in [0.29, 0.717) is 36.8 Å². The molecule has 126 valence electrons. The zero-order valence-electron chi connectivity index (χ0n) is 13.7. The Morgan fingerprint density at radius 3 is 2.79 bits per heavy atom. The molecule has 0 atom stereocenters. The van der Waals surface area contributed by atoms with Crippen molar-refractivity contribution in [1.82, 2.24) is 9.88 Å². The van der Waals surface area contributed by atoms with Crippen LogP contribution in [-0.4, -0.2) is 35.0 Å². The lowest BCUT2D eigenvalue weighted by molar-refractivity contribution is 0.102. The average Bonchev–Trinajstić information content (AvgIpc) is 2.96. The van der Waals surface area contributed by atoms with Gasteiger partial charge < -0.3 is 9.64 Å². The SMILES string of the molecule is CCOC(=O)N1CCc2nc(NC(=O)c3ccc(C)cc3)sc2C1. The van der Waals surface area contributed by atoms with Gasteiger partial charge in [0, 0.05) is 23.4 Å². The van der Waals surface area contributed by atoms with Gasteiger partial charge >= 0.3 is 6.09 Å². The van der Waals surface area contributed by atoms with Crippen molar-refractivity contribution in [2.45, 2.75) is 26.8 Å². The van der Waals surface area contributed by atoms with Crippen molar-refractivity contribution in [2.24, 2.45) is 0 Å². The summed E-state index contributed by atoms with van der Waals surface area (Å²) < 4.78 is 5.04. The van der Waals surface area contributed by atoms with Crippen LogP contribution in [0.4, 0.5) is 9.93 Å². The van der Waals surface area contributed by atoms with Crippen molar-refractivity contribution >= 4 is 28.5 Å². The number of nitrogens with one attached hydrogen (secondary N) is 1. The fraction of sp³-hybridized carbons (Fsp3) is 0.353. The Morgan fingerprint density at radius 2 is 2.08 bits per heavy atom. The first-order valence-electron chi connectivity index (χ1n) is 7.85. The van der Waals surface area contributed by atoms with Crippen LogP contribution in [0.2, 0.25) is 0 Å². The summed E-state index contributed by atoms with van der Waals surface area (Å²) in [6.07, 6.45) is 0.368. The zero-order chi connectivity index (χ0) is 17.1. The van der Waals surface area contributed by atoms with Gasteiger partial charge in [-0.3, -0.25) is 10.1 Å². The molecule has 0 fully saturated rings. The topological polar surface area (TPSA) is 71.5 Å². The Morgan fingerprint density at radius 1 is 1.33 bits per heavy atom. The third-order valence-corrected chi connectivity index (χ3v) is 4.79. The molecule has 0 spiro atoms. The lowest BCUT2D eigenvalue weighted by Crippen LogP contribution is -2.35. The Labute approximate surface area is 144 Å². The highest BCUT2D eigenvalue weighted by molar-refractivity contribution is 7.15. The Hall–Kier alpha value is -2.41. The van der Waals surface area contributed by atoms with Crippen LogP contribution >= 0.6 is 11.3 Å². The van der Waals surface area contributed by atoms with E-state index in [0.717, 1.165) is 16.1 Å².